The molecule has 0 saturated carbocycles. The molecule has 0 saturated heterocycles. The maximum Gasteiger partial charge on any atom is 0.335 e. The Morgan fingerprint density at radius 3 is 2.54 bits per heavy atom. The van der Waals surface area contributed by atoms with Crippen LogP contribution in [-0.4, -0.2) is 47.6 Å². The van der Waals surface area contributed by atoms with Gasteiger partial charge in [0.25, 0.3) is 5.91 Å². The number of benzene rings is 2. The smallest absolute Gasteiger partial charge is 0.335 e. The van der Waals surface area contributed by atoms with Crippen LogP contribution in [0.2, 0.25) is 0 Å². The van der Waals surface area contributed by atoms with E-state index in [1.54, 1.807) is 18.2 Å². The van der Waals surface area contributed by atoms with Gasteiger partial charge in [-0.25, -0.2) is 9.86 Å². The van der Waals surface area contributed by atoms with Crippen molar-refractivity contribution < 1.29 is 33.5 Å². The van der Waals surface area contributed by atoms with Crippen LogP contribution < -0.4 is 10.6 Å². The second-order valence-electron chi connectivity index (χ2n) is 8.93. The molecule has 0 fully saturated rings. The van der Waals surface area contributed by atoms with Crippen LogP contribution in [0.3, 0.4) is 0 Å². The summed E-state index contributed by atoms with van der Waals surface area (Å²) in [6.45, 7) is 2.20. The summed E-state index contributed by atoms with van der Waals surface area (Å²) in [5.41, 5.74) is 1.52. The van der Waals surface area contributed by atoms with Crippen LogP contribution in [0, 0.1) is 5.92 Å². The normalized spacial score (nSPS) is 11.4. The van der Waals surface area contributed by atoms with Gasteiger partial charge < -0.3 is 20.2 Å². The molecule has 0 radical (unpaired) electrons. The van der Waals surface area contributed by atoms with E-state index in [2.05, 4.69) is 17.6 Å². The van der Waals surface area contributed by atoms with Crippen molar-refractivity contribution in [2.45, 2.75) is 39.2 Å². The molecule has 1 unspecified atom stereocenters. The van der Waals surface area contributed by atoms with Crippen molar-refractivity contribution in [3.8, 4) is 11.3 Å². The average molecular weight is 536 g/mol. The fourth-order valence-electron chi connectivity index (χ4n) is 3.88. The van der Waals surface area contributed by atoms with Crippen LogP contribution in [0.15, 0.2) is 71.1 Å². The highest BCUT2D eigenvalue weighted by molar-refractivity contribution is 5.93. The van der Waals surface area contributed by atoms with E-state index in [0.717, 1.165) is 29.9 Å². The number of nitrogens with one attached hydrogen (secondary N) is 2. The van der Waals surface area contributed by atoms with Gasteiger partial charge in [-0.05, 0) is 36.2 Å². The van der Waals surface area contributed by atoms with Gasteiger partial charge in [-0.2, -0.15) is 0 Å². The first kappa shape index (κ1) is 29.1. The van der Waals surface area contributed by atoms with Crippen LogP contribution >= 0.6 is 0 Å². The molecule has 2 aromatic carbocycles. The highest BCUT2D eigenvalue weighted by Gasteiger charge is 2.22. The number of carbonyl (C=O) groups excluding carboxylic acids is 3. The van der Waals surface area contributed by atoms with Gasteiger partial charge in [-0.3, -0.25) is 19.2 Å². The lowest BCUT2D eigenvalue weighted by atomic mass is 10.0. The quantitative estimate of drug-likeness (QED) is 0.108. The van der Waals surface area contributed by atoms with Gasteiger partial charge in [0.15, 0.2) is 5.76 Å². The van der Waals surface area contributed by atoms with Gasteiger partial charge >= 0.3 is 5.97 Å². The zero-order valence-corrected chi connectivity index (χ0v) is 21.8. The molecule has 0 aliphatic rings. The van der Waals surface area contributed by atoms with Crippen molar-refractivity contribution in [1.29, 1.82) is 0 Å². The van der Waals surface area contributed by atoms with E-state index >= 15 is 0 Å². The molecule has 3 aromatic rings. The van der Waals surface area contributed by atoms with Gasteiger partial charge in [0, 0.05) is 5.56 Å². The summed E-state index contributed by atoms with van der Waals surface area (Å²) in [4.78, 5) is 53.9. The van der Waals surface area contributed by atoms with Gasteiger partial charge in [0.1, 0.15) is 12.4 Å². The van der Waals surface area contributed by atoms with Gasteiger partial charge in [-0.15, -0.1) is 0 Å². The minimum Gasteiger partial charge on any atom is -0.478 e. The van der Waals surface area contributed by atoms with E-state index in [1.807, 2.05) is 30.3 Å². The van der Waals surface area contributed by atoms with Crippen molar-refractivity contribution >= 4 is 24.2 Å². The Labute approximate surface area is 226 Å². The summed E-state index contributed by atoms with van der Waals surface area (Å²) in [5.74, 6) is -2.09. The molecule has 0 aliphatic carbocycles. The highest BCUT2D eigenvalue weighted by Crippen LogP contribution is 2.23. The van der Waals surface area contributed by atoms with Crippen LogP contribution in [0.1, 0.15) is 59.1 Å². The molecule has 3 amide bonds. The van der Waals surface area contributed by atoms with Crippen molar-refractivity contribution in [3.63, 3.8) is 0 Å². The molecule has 0 bridgehead atoms. The topological polar surface area (TPSA) is 138 Å². The Morgan fingerprint density at radius 2 is 1.82 bits per heavy atom. The molecule has 3 rings (SSSR count). The number of nitrogens with zero attached hydrogens (tertiary/aromatic N) is 1. The van der Waals surface area contributed by atoms with Crippen LogP contribution in [-0.2, 0) is 21.0 Å². The van der Waals surface area contributed by atoms with E-state index in [0.29, 0.717) is 24.2 Å². The van der Waals surface area contributed by atoms with Crippen LogP contribution in [0.5, 0.6) is 0 Å². The maximum atomic E-state index is 12.9. The standard InChI is InChI=1S/C29H33N3O7/c1-2-3-5-11-24(17-32(20-33)38-18-21-9-6-4-7-10-21)27(34)30-19-31-28(35)26-15-14-25(39-26)22-12-8-13-23(16-22)29(36)37/h4,6-10,12-16,20,24H,2-3,5,11,17-19H2,1H3,(H,30,34)(H,31,35)(H,36,37). The fraction of sp³-hybridized carbons (Fsp3) is 0.310. The predicted molar refractivity (Wildman–Crippen MR) is 143 cm³/mol. The summed E-state index contributed by atoms with van der Waals surface area (Å²) >= 11 is 0. The zero-order valence-electron chi connectivity index (χ0n) is 21.8. The molecule has 10 nitrogen and oxygen atoms in total. The summed E-state index contributed by atoms with van der Waals surface area (Å²) in [5, 5.41) is 15.6. The minimum atomic E-state index is -1.07. The molecule has 0 spiro atoms. The average Bonchev–Trinajstić information content (AvgIpc) is 3.45. The van der Waals surface area contributed by atoms with Gasteiger partial charge in [0.05, 0.1) is 24.7 Å². The molecule has 1 aromatic heterocycles. The number of carboxylic acid groups (broad SMARTS) is 1. The SMILES string of the molecule is CCCCCC(CN(C=O)OCc1ccccc1)C(=O)NCNC(=O)c1ccc(-c2cccc(C(=O)O)c2)o1. The van der Waals surface area contributed by atoms with E-state index in [9.17, 15) is 24.3 Å². The van der Waals surface area contributed by atoms with E-state index in [-0.39, 0.29) is 37.1 Å². The predicted octanol–water partition coefficient (Wildman–Crippen LogP) is 4.24. The first-order chi connectivity index (χ1) is 18.9. The number of rotatable bonds is 16. The van der Waals surface area contributed by atoms with E-state index < -0.39 is 17.8 Å². The second kappa shape index (κ2) is 15.1. The number of amides is 3. The van der Waals surface area contributed by atoms with Crippen molar-refractivity contribution in [2.75, 3.05) is 13.2 Å². The van der Waals surface area contributed by atoms with E-state index in [1.165, 1.54) is 18.2 Å². The summed E-state index contributed by atoms with van der Waals surface area (Å²) in [7, 11) is 0. The van der Waals surface area contributed by atoms with E-state index in [4.69, 9.17) is 9.25 Å². The number of carbonyl (C=O) groups is 4. The Morgan fingerprint density at radius 1 is 1.03 bits per heavy atom. The molecule has 206 valence electrons. The first-order valence-electron chi connectivity index (χ1n) is 12.8. The molecule has 0 aliphatic heterocycles. The second-order valence-corrected chi connectivity index (χ2v) is 8.93. The Bertz CT molecular complexity index is 1240. The Balaban J connectivity index is 1.53. The summed E-state index contributed by atoms with van der Waals surface area (Å²) in [6.07, 6.45) is 3.86. The number of aromatic carboxylic acids is 1. The monoisotopic (exact) mass is 535 g/mol. The van der Waals surface area contributed by atoms with Crippen molar-refractivity contribution in [3.05, 3.63) is 83.6 Å². The number of hydrogen-bond acceptors (Lipinski definition) is 6. The number of hydroxylamine groups is 2. The van der Waals surface area contributed by atoms with Gasteiger partial charge in [-0.1, -0.05) is 68.7 Å². The lowest BCUT2D eigenvalue weighted by Gasteiger charge is -2.23. The molecule has 1 atom stereocenters. The molecule has 39 heavy (non-hydrogen) atoms. The van der Waals surface area contributed by atoms with Gasteiger partial charge in [0.2, 0.25) is 12.3 Å². The number of unbranched alkanes of at least 4 members (excludes halogenated alkanes) is 2. The summed E-state index contributed by atoms with van der Waals surface area (Å²) < 4.78 is 5.59. The Kier molecular flexibility index (Phi) is 11.3. The van der Waals surface area contributed by atoms with Crippen molar-refractivity contribution in [1.82, 2.24) is 15.7 Å². The lowest BCUT2D eigenvalue weighted by Crippen LogP contribution is -2.43. The molecule has 1 heterocycles. The molecule has 10 heteroatoms. The number of hydrogen-bond donors (Lipinski definition) is 3. The largest absolute Gasteiger partial charge is 0.478 e. The van der Waals surface area contributed by atoms with Crippen LogP contribution in [0.25, 0.3) is 11.3 Å². The fourth-order valence-corrected chi connectivity index (χ4v) is 3.88. The lowest BCUT2D eigenvalue weighted by molar-refractivity contribution is -0.182. The van der Waals surface area contributed by atoms with Crippen molar-refractivity contribution in [2.24, 2.45) is 5.92 Å². The molecular weight excluding hydrogens is 502 g/mol. The first-order valence-corrected chi connectivity index (χ1v) is 12.8. The molecular formula is C29H33N3O7. The highest BCUT2D eigenvalue weighted by atomic mass is 16.7. The Hall–Kier alpha value is -4.44. The number of carboxylic acids is 1. The maximum absolute atomic E-state index is 12.9. The number of furan rings is 1. The van der Waals surface area contributed by atoms with Crippen LogP contribution in [0.4, 0.5) is 0 Å². The minimum absolute atomic E-state index is 0.0147. The zero-order chi connectivity index (χ0) is 28.0. The third kappa shape index (κ3) is 9.11. The third-order valence-corrected chi connectivity index (χ3v) is 6.02. The summed E-state index contributed by atoms with van der Waals surface area (Å²) in [6, 6.07) is 18.6. The molecule has 3 N–H and O–H groups in total. The third-order valence-electron chi connectivity index (χ3n) is 6.02.